The Morgan fingerprint density at radius 1 is 1.65 bits per heavy atom. The molecule has 0 radical (unpaired) electrons. The molecule has 88 valence electrons. The van der Waals surface area contributed by atoms with Gasteiger partial charge in [0.25, 0.3) is 0 Å². The van der Waals surface area contributed by atoms with Crippen molar-refractivity contribution < 1.29 is 4.92 Å². The quantitative estimate of drug-likeness (QED) is 0.638. The fourth-order valence-electron chi connectivity index (χ4n) is 2.02. The van der Waals surface area contributed by atoms with Crippen molar-refractivity contribution >= 4 is 11.4 Å². The SMILES string of the molecule is CCC1CC1Nc1cccc(C#N)c1[N+](=O)[O-]. The van der Waals surface area contributed by atoms with E-state index in [1.54, 1.807) is 12.1 Å². The molecule has 5 nitrogen and oxygen atoms in total. The first-order valence-electron chi connectivity index (χ1n) is 5.61. The van der Waals surface area contributed by atoms with Crippen molar-refractivity contribution in [2.24, 2.45) is 5.92 Å². The first-order valence-corrected chi connectivity index (χ1v) is 5.61. The smallest absolute Gasteiger partial charge is 0.309 e. The fourth-order valence-corrected chi connectivity index (χ4v) is 2.02. The standard InChI is InChI=1S/C12H13N3O2/c1-2-8-6-11(8)14-10-5-3-4-9(7-13)12(10)15(16)17/h3-5,8,11,14H,2,6H2,1H3. The first-order chi connectivity index (χ1) is 8.17. The first kappa shape index (κ1) is 11.4. The van der Waals surface area contributed by atoms with Crippen LogP contribution in [0.1, 0.15) is 25.3 Å². The van der Waals surface area contributed by atoms with Crippen LogP contribution in [0.5, 0.6) is 0 Å². The summed E-state index contributed by atoms with van der Waals surface area (Å²) in [7, 11) is 0. The maximum Gasteiger partial charge on any atom is 0.309 e. The molecule has 1 saturated carbocycles. The van der Waals surface area contributed by atoms with Crippen LogP contribution in [-0.4, -0.2) is 11.0 Å². The highest BCUT2D eigenvalue weighted by atomic mass is 16.6. The lowest BCUT2D eigenvalue weighted by Crippen LogP contribution is -2.07. The summed E-state index contributed by atoms with van der Waals surface area (Å²) < 4.78 is 0. The summed E-state index contributed by atoms with van der Waals surface area (Å²) in [6.07, 6.45) is 2.12. The number of nitrogens with one attached hydrogen (secondary N) is 1. The third kappa shape index (κ3) is 2.21. The molecule has 0 heterocycles. The van der Waals surface area contributed by atoms with Crippen molar-refractivity contribution in [2.75, 3.05) is 5.32 Å². The molecule has 2 atom stereocenters. The molecular formula is C12H13N3O2. The van der Waals surface area contributed by atoms with E-state index in [4.69, 9.17) is 5.26 Å². The molecule has 1 aliphatic rings. The van der Waals surface area contributed by atoms with E-state index in [1.165, 1.54) is 6.07 Å². The van der Waals surface area contributed by atoms with Gasteiger partial charge in [-0.1, -0.05) is 19.4 Å². The molecule has 1 fully saturated rings. The van der Waals surface area contributed by atoms with Gasteiger partial charge in [0.1, 0.15) is 17.3 Å². The van der Waals surface area contributed by atoms with Crippen LogP contribution in [-0.2, 0) is 0 Å². The fraction of sp³-hybridized carbons (Fsp3) is 0.417. The lowest BCUT2D eigenvalue weighted by Gasteiger charge is -2.06. The molecule has 0 bridgehead atoms. The van der Waals surface area contributed by atoms with E-state index in [1.807, 2.05) is 6.07 Å². The summed E-state index contributed by atoms with van der Waals surface area (Å²) in [6.45, 7) is 2.10. The van der Waals surface area contributed by atoms with Crippen LogP contribution in [0.3, 0.4) is 0 Å². The van der Waals surface area contributed by atoms with Gasteiger partial charge in [-0.15, -0.1) is 0 Å². The van der Waals surface area contributed by atoms with E-state index >= 15 is 0 Å². The van der Waals surface area contributed by atoms with E-state index in [-0.39, 0.29) is 11.3 Å². The molecule has 0 saturated heterocycles. The molecule has 1 aromatic rings. The van der Waals surface area contributed by atoms with Gasteiger partial charge in [0.15, 0.2) is 0 Å². The number of nitro benzene ring substituents is 1. The van der Waals surface area contributed by atoms with Crippen LogP contribution in [0.15, 0.2) is 18.2 Å². The Morgan fingerprint density at radius 3 is 2.94 bits per heavy atom. The van der Waals surface area contributed by atoms with Crippen molar-refractivity contribution in [2.45, 2.75) is 25.8 Å². The predicted molar refractivity (Wildman–Crippen MR) is 63.6 cm³/mol. The predicted octanol–water partition coefficient (Wildman–Crippen LogP) is 2.68. The van der Waals surface area contributed by atoms with Crippen LogP contribution < -0.4 is 5.32 Å². The van der Waals surface area contributed by atoms with E-state index in [9.17, 15) is 10.1 Å². The van der Waals surface area contributed by atoms with Crippen molar-refractivity contribution in [3.8, 4) is 6.07 Å². The number of hydrogen-bond acceptors (Lipinski definition) is 4. The molecule has 2 rings (SSSR count). The third-order valence-corrected chi connectivity index (χ3v) is 3.13. The van der Waals surface area contributed by atoms with Gasteiger partial charge in [0.2, 0.25) is 0 Å². The Morgan fingerprint density at radius 2 is 2.41 bits per heavy atom. The number of hydrogen-bond donors (Lipinski definition) is 1. The number of anilines is 1. The summed E-state index contributed by atoms with van der Waals surface area (Å²) in [6, 6.07) is 6.95. The molecule has 0 aliphatic heterocycles. The number of benzene rings is 1. The maximum atomic E-state index is 11.0. The topological polar surface area (TPSA) is 79.0 Å². The minimum absolute atomic E-state index is 0.105. The number of nitriles is 1. The van der Waals surface area contributed by atoms with E-state index in [0.29, 0.717) is 17.6 Å². The average Bonchev–Trinajstić information content (AvgIpc) is 3.06. The molecule has 0 amide bonds. The third-order valence-electron chi connectivity index (χ3n) is 3.13. The lowest BCUT2D eigenvalue weighted by atomic mass is 10.1. The van der Waals surface area contributed by atoms with Gasteiger partial charge in [-0.25, -0.2) is 0 Å². The zero-order valence-electron chi connectivity index (χ0n) is 9.51. The molecule has 5 heteroatoms. The molecule has 0 aromatic heterocycles. The largest absolute Gasteiger partial charge is 0.376 e. The highest BCUT2D eigenvalue weighted by molar-refractivity contribution is 5.69. The van der Waals surface area contributed by atoms with Crippen LogP contribution in [0.25, 0.3) is 0 Å². The normalized spacial score (nSPS) is 21.6. The zero-order chi connectivity index (χ0) is 12.4. The summed E-state index contributed by atoms with van der Waals surface area (Å²) >= 11 is 0. The molecular weight excluding hydrogens is 218 g/mol. The Bertz CT molecular complexity index is 493. The molecule has 1 aliphatic carbocycles. The Hall–Kier alpha value is -2.09. The molecule has 2 unspecified atom stereocenters. The van der Waals surface area contributed by atoms with Crippen LogP contribution in [0.4, 0.5) is 11.4 Å². The molecule has 17 heavy (non-hydrogen) atoms. The summed E-state index contributed by atoms with van der Waals surface area (Å²) in [5.41, 5.74) is 0.445. The number of rotatable bonds is 4. The van der Waals surface area contributed by atoms with Gasteiger partial charge in [0.05, 0.1) is 4.92 Å². The second-order valence-corrected chi connectivity index (χ2v) is 4.23. The van der Waals surface area contributed by atoms with Crippen LogP contribution >= 0.6 is 0 Å². The van der Waals surface area contributed by atoms with Crippen molar-refractivity contribution in [3.63, 3.8) is 0 Å². The second-order valence-electron chi connectivity index (χ2n) is 4.23. The number of nitro groups is 1. The Balaban J connectivity index is 2.28. The number of nitrogens with zero attached hydrogens (tertiary/aromatic N) is 2. The second kappa shape index (κ2) is 4.42. The van der Waals surface area contributed by atoms with Gasteiger partial charge >= 0.3 is 5.69 Å². The molecule has 0 spiro atoms. The van der Waals surface area contributed by atoms with E-state index in [2.05, 4.69) is 12.2 Å². The lowest BCUT2D eigenvalue weighted by molar-refractivity contribution is -0.384. The molecule has 1 N–H and O–H groups in total. The van der Waals surface area contributed by atoms with Gasteiger partial charge in [-0.3, -0.25) is 10.1 Å². The maximum absolute atomic E-state index is 11.0. The minimum atomic E-state index is -0.496. The summed E-state index contributed by atoms with van der Waals surface area (Å²) in [5.74, 6) is 0.598. The van der Waals surface area contributed by atoms with Crippen LogP contribution in [0, 0.1) is 27.4 Å². The summed E-state index contributed by atoms with van der Waals surface area (Å²) in [4.78, 5) is 10.5. The van der Waals surface area contributed by atoms with E-state index < -0.39 is 4.92 Å². The summed E-state index contributed by atoms with van der Waals surface area (Å²) in [5, 5.41) is 23.0. The minimum Gasteiger partial charge on any atom is -0.376 e. The van der Waals surface area contributed by atoms with Gasteiger partial charge in [-0.05, 0) is 24.5 Å². The average molecular weight is 231 g/mol. The zero-order valence-corrected chi connectivity index (χ0v) is 9.51. The van der Waals surface area contributed by atoms with Gasteiger partial charge in [0, 0.05) is 6.04 Å². The van der Waals surface area contributed by atoms with Crippen molar-refractivity contribution in [1.82, 2.24) is 0 Å². The van der Waals surface area contributed by atoms with E-state index in [0.717, 1.165) is 12.8 Å². The molecule has 1 aromatic carbocycles. The van der Waals surface area contributed by atoms with Gasteiger partial charge < -0.3 is 5.32 Å². The Labute approximate surface area is 99.2 Å². The van der Waals surface area contributed by atoms with Crippen molar-refractivity contribution in [1.29, 1.82) is 5.26 Å². The number of para-hydroxylation sites is 1. The van der Waals surface area contributed by atoms with Gasteiger partial charge in [-0.2, -0.15) is 5.26 Å². The van der Waals surface area contributed by atoms with Crippen molar-refractivity contribution in [3.05, 3.63) is 33.9 Å². The monoisotopic (exact) mass is 231 g/mol. The Kier molecular flexibility index (Phi) is 2.96. The highest BCUT2D eigenvalue weighted by Crippen LogP contribution is 2.38. The van der Waals surface area contributed by atoms with Crippen LogP contribution in [0.2, 0.25) is 0 Å². The highest BCUT2D eigenvalue weighted by Gasteiger charge is 2.36.